The summed E-state index contributed by atoms with van der Waals surface area (Å²) in [7, 11) is 0. The lowest BCUT2D eigenvalue weighted by Gasteiger charge is -2.34. The Balaban J connectivity index is 1.39. The van der Waals surface area contributed by atoms with Crippen LogP contribution in [0.25, 0.3) is 0 Å². The maximum Gasteiger partial charge on any atom is 0.311 e. The molecule has 1 aromatic heterocycles. The van der Waals surface area contributed by atoms with Crippen LogP contribution in [0, 0.1) is 0 Å². The fraction of sp³-hybridized carbons (Fsp3) is 0.500. The van der Waals surface area contributed by atoms with Crippen molar-refractivity contribution in [1.82, 2.24) is 20.0 Å². The Bertz CT molecular complexity index is 783. The maximum atomic E-state index is 12.5. The van der Waals surface area contributed by atoms with Crippen molar-refractivity contribution in [3.63, 3.8) is 0 Å². The van der Waals surface area contributed by atoms with Crippen LogP contribution in [0.3, 0.4) is 0 Å². The smallest absolute Gasteiger partial charge is 0.311 e. The van der Waals surface area contributed by atoms with E-state index in [1.165, 1.54) is 0 Å². The zero-order chi connectivity index (χ0) is 19.9. The molecule has 8 nitrogen and oxygen atoms in total. The normalized spacial score (nSPS) is 14.4. The van der Waals surface area contributed by atoms with Crippen molar-refractivity contribution in [1.29, 1.82) is 0 Å². The number of hydrogen-bond donors (Lipinski definition) is 0. The zero-order valence-corrected chi connectivity index (χ0v) is 16.3. The topological polar surface area (TPSA) is 88.8 Å². The highest BCUT2D eigenvalue weighted by Gasteiger charge is 2.28. The van der Waals surface area contributed by atoms with E-state index in [1.807, 2.05) is 44.2 Å². The third-order valence-electron chi connectivity index (χ3n) is 4.58. The molecule has 0 atom stereocenters. The highest BCUT2D eigenvalue weighted by Crippen LogP contribution is 2.15. The Hall–Kier alpha value is -2.90. The zero-order valence-electron chi connectivity index (χ0n) is 16.3. The minimum absolute atomic E-state index is 0.0153. The highest BCUT2D eigenvalue weighted by molar-refractivity contribution is 5.89. The molecule has 3 rings (SSSR count). The number of para-hydroxylation sites is 1. The van der Waals surface area contributed by atoms with Crippen LogP contribution in [-0.4, -0.2) is 64.6 Å². The number of amides is 2. The molecule has 0 spiro atoms. The van der Waals surface area contributed by atoms with Gasteiger partial charge in [0.15, 0.2) is 0 Å². The van der Waals surface area contributed by atoms with Crippen molar-refractivity contribution >= 4 is 11.8 Å². The lowest BCUT2D eigenvalue weighted by atomic mass is 10.2. The maximum absolute atomic E-state index is 12.5. The summed E-state index contributed by atoms with van der Waals surface area (Å²) in [5, 5.41) is 7.74. The van der Waals surface area contributed by atoms with Crippen molar-refractivity contribution in [2.45, 2.75) is 32.6 Å². The highest BCUT2D eigenvalue weighted by atomic mass is 16.5. The number of aromatic nitrogens is 2. The Morgan fingerprint density at radius 2 is 1.75 bits per heavy atom. The molecule has 1 aliphatic rings. The van der Waals surface area contributed by atoms with E-state index >= 15 is 0 Å². The number of hydrogen-bond acceptors (Lipinski definition) is 6. The Kier molecular flexibility index (Phi) is 6.62. The van der Waals surface area contributed by atoms with E-state index in [-0.39, 0.29) is 23.6 Å². The molecule has 1 aromatic carbocycles. The van der Waals surface area contributed by atoms with Crippen LogP contribution in [0.2, 0.25) is 0 Å². The molecule has 1 fully saturated rings. The predicted octanol–water partition coefficient (Wildman–Crippen LogP) is 2.34. The quantitative estimate of drug-likeness (QED) is 0.679. The molecule has 1 saturated heterocycles. The van der Waals surface area contributed by atoms with Gasteiger partial charge in [-0.25, -0.2) is 0 Å². The van der Waals surface area contributed by atoms with Gasteiger partial charge in [-0.15, -0.1) is 10.2 Å². The summed E-state index contributed by atoms with van der Waals surface area (Å²) >= 11 is 0. The number of piperazine rings is 1. The second-order valence-corrected chi connectivity index (χ2v) is 7.04. The third kappa shape index (κ3) is 5.09. The second kappa shape index (κ2) is 9.34. The van der Waals surface area contributed by atoms with Crippen molar-refractivity contribution in [2.75, 3.05) is 32.8 Å². The monoisotopic (exact) mass is 386 g/mol. The van der Waals surface area contributed by atoms with Crippen LogP contribution in [0.15, 0.2) is 34.7 Å². The molecule has 1 aliphatic heterocycles. The molecule has 28 heavy (non-hydrogen) atoms. The SMILES string of the molecule is CC(C)c1nnc(C(=O)N2CCN(C(=O)CCCOc3ccccc3)CC2)o1. The summed E-state index contributed by atoms with van der Waals surface area (Å²) in [5.41, 5.74) is 0. The fourth-order valence-corrected chi connectivity index (χ4v) is 2.94. The standard InChI is InChI=1S/C20H26N4O4/c1-15(2)18-21-22-19(28-18)20(26)24-12-10-23(11-13-24)17(25)9-6-14-27-16-7-4-3-5-8-16/h3-5,7-8,15H,6,9-14H2,1-2H3. The first-order chi connectivity index (χ1) is 13.5. The molecule has 0 N–H and O–H groups in total. The Labute approximate surface area is 164 Å². The van der Waals surface area contributed by atoms with Crippen LogP contribution >= 0.6 is 0 Å². The van der Waals surface area contributed by atoms with Crippen molar-refractivity contribution in [2.24, 2.45) is 0 Å². The van der Waals surface area contributed by atoms with Gasteiger partial charge in [-0.1, -0.05) is 32.0 Å². The van der Waals surface area contributed by atoms with Crippen molar-refractivity contribution in [3.05, 3.63) is 42.1 Å². The Morgan fingerprint density at radius 1 is 1.07 bits per heavy atom. The fourth-order valence-electron chi connectivity index (χ4n) is 2.94. The summed E-state index contributed by atoms with van der Waals surface area (Å²) in [4.78, 5) is 28.3. The van der Waals surface area contributed by atoms with E-state index in [2.05, 4.69) is 10.2 Å². The van der Waals surface area contributed by atoms with Crippen LogP contribution < -0.4 is 4.74 Å². The lowest BCUT2D eigenvalue weighted by molar-refractivity contribution is -0.132. The molecule has 0 radical (unpaired) electrons. The molecular formula is C20H26N4O4. The lowest BCUT2D eigenvalue weighted by Crippen LogP contribution is -2.50. The van der Waals surface area contributed by atoms with Gasteiger partial charge in [0.05, 0.1) is 6.61 Å². The summed E-state index contributed by atoms with van der Waals surface area (Å²) in [6.45, 7) is 6.30. The van der Waals surface area contributed by atoms with E-state index in [4.69, 9.17) is 9.15 Å². The summed E-state index contributed by atoms with van der Waals surface area (Å²) < 4.78 is 11.0. The van der Waals surface area contributed by atoms with Gasteiger partial charge < -0.3 is 19.0 Å². The average molecular weight is 386 g/mol. The molecular weight excluding hydrogens is 360 g/mol. The molecule has 2 amide bonds. The van der Waals surface area contributed by atoms with E-state index in [9.17, 15) is 9.59 Å². The van der Waals surface area contributed by atoms with Gasteiger partial charge >= 0.3 is 11.8 Å². The average Bonchev–Trinajstić information content (AvgIpc) is 3.22. The largest absolute Gasteiger partial charge is 0.494 e. The minimum Gasteiger partial charge on any atom is -0.494 e. The van der Waals surface area contributed by atoms with Gasteiger partial charge in [0.2, 0.25) is 11.8 Å². The number of benzene rings is 1. The van der Waals surface area contributed by atoms with E-state index in [0.717, 1.165) is 5.75 Å². The van der Waals surface area contributed by atoms with Crippen molar-refractivity contribution < 1.29 is 18.7 Å². The van der Waals surface area contributed by atoms with Crippen molar-refractivity contribution in [3.8, 4) is 5.75 Å². The number of carbonyl (C=O) groups is 2. The van der Waals surface area contributed by atoms with Gasteiger partial charge in [-0.2, -0.15) is 0 Å². The Morgan fingerprint density at radius 3 is 2.39 bits per heavy atom. The molecule has 2 heterocycles. The first-order valence-electron chi connectivity index (χ1n) is 9.63. The summed E-state index contributed by atoms with van der Waals surface area (Å²) in [6, 6.07) is 9.55. The van der Waals surface area contributed by atoms with Gasteiger partial charge in [0.1, 0.15) is 5.75 Å². The first-order valence-corrected chi connectivity index (χ1v) is 9.63. The minimum atomic E-state index is -0.275. The van der Waals surface area contributed by atoms with E-state index in [0.29, 0.717) is 51.5 Å². The number of nitrogens with zero attached hydrogens (tertiary/aromatic N) is 4. The van der Waals surface area contributed by atoms with E-state index in [1.54, 1.807) is 9.80 Å². The van der Waals surface area contributed by atoms with Crippen LogP contribution in [0.4, 0.5) is 0 Å². The van der Waals surface area contributed by atoms with Gasteiger partial charge in [-0.3, -0.25) is 9.59 Å². The van der Waals surface area contributed by atoms with Crippen LogP contribution in [-0.2, 0) is 4.79 Å². The summed E-state index contributed by atoms with van der Waals surface area (Å²) in [5.74, 6) is 1.17. The number of ether oxygens (including phenoxy) is 1. The van der Waals surface area contributed by atoms with Gasteiger partial charge in [-0.05, 0) is 18.6 Å². The molecule has 8 heteroatoms. The number of carbonyl (C=O) groups excluding carboxylic acids is 2. The second-order valence-electron chi connectivity index (χ2n) is 7.04. The molecule has 0 saturated carbocycles. The van der Waals surface area contributed by atoms with Crippen LogP contribution in [0.5, 0.6) is 5.75 Å². The van der Waals surface area contributed by atoms with Crippen LogP contribution in [0.1, 0.15) is 49.2 Å². The molecule has 150 valence electrons. The molecule has 2 aromatic rings. The first kappa shape index (κ1) is 19.9. The molecule has 0 unspecified atom stereocenters. The predicted molar refractivity (Wildman–Crippen MR) is 102 cm³/mol. The number of rotatable bonds is 7. The third-order valence-corrected chi connectivity index (χ3v) is 4.58. The molecule has 0 aliphatic carbocycles. The van der Waals surface area contributed by atoms with Gasteiger partial charge in [0.25, 0.3) is 0 Å². The van der Waals surface area contributed by atoms with E-state index < -0.39 is 0 Å². The molecule has 0 bridgehead atoms. The summed E-state index contributed by atoms with van der Waals surface area (Å²) in [6.07, 6.45) is 1.09. The van der Waals surface area contributed by atoms with Gasteiger partial charge in [0, 0.05) is 38.5 Å².